The zero-order chi connectivity index (χ0) is 19.4. The van der Waals surface area contributed by atoms with E-state index in [1.807, 2.05) is 0 Å². The van der Waals surface area contributed by atoms with Gasteiger partial charge in [-0.1, -0.05) is 0 Å². The van der Waals surface area contributed by atoms with Crippen LogP contribution < -0.4 is 0 Å². The first-order valence-corrected chi connectivity index (χ1v) is 11.8. The molecule has 0 bridgehead atoms. The smallest absolute Gasteiger partial charge is 0.185 e. The zero-order valence-electron chi connectivity index (χ0n) is 16.8. The van der Waals surface area contributed by atoms with E-state index in [1.165, 1.54) is 0 Å². The number of carbonyl (C=O) groups excluding carboxylic acids is 2. The maximum atomic E-state index is 12.4. The molecule has 5 heteroatoms. The fourth-order valence-corrected chi connectivity index (χ4v) is 3.79. The molecule has 1 aliphatic rings. The van der Waals surface area contributed by atoms with Crippen LogP contribution in [0.1, 0.15) is 47.0 Å². The molecular formula is C20H34O4S. The largest absolute Gasteiger partial charge is 0.388 e. The van der Waals surface area contributed by atoms with E-state index in [9.17, 15) is 14.7 Å². The third-order valence-electron chi connectivity index (χ3n) is 4.68. The second-order valence-electron chi connectivity index (χ2n) is 8.21. The number of rotatable bonds is 9. The van der Waals surface area contributed by atoms with E-state index in [2.05, 4.69) is 18.8 Å². The van der Waals surface area contributed by atoms with Crippen molar-refractivity contribution in [2.75, 3.05) is 37.7 Å². The summed E-state index contributed by atoms with van der Waals surface area (Å²) in [5.41, 5.74) is 1.09. The Kier molecular flexibility index (Phi) is 7.66. The van der Waals surface area contributed by atoms with Crippen LogP contribution >= 0.6 is 10.0 Å². The molecule has 0 fully saturated rings. The molecule has 1 N–H and O–H groups in total. The summed E-state index contributed by atoms with van der Waals surface area (Å²) in [5, 5.41) is 10.5. The summed E-state index contributed by atoms with van der Waals surface area (Å²) in [7, 11) is -0.514. The summed E-state index contributed by atoms with van der Waals surface area (Å²) in [6, 6.07) is 0. The lowest BCUT2D eigenvalue weighted by Crippen LogP contribution is -2.32. The topological polar surface area (TPSA) is 63.6 Å². The average Bonchev–Trinajstić information content (AvgIpc) is 2.49. The number of hydrogen-bond acceptors (Lipinski definition) is 4. The Morgan fingerprint density at radius 3 is 2.12 bits per heavy atom. The number of aliphatic hydroxyl groups is 1. The summed E-state index contributed by atoms with van der Waals surface area (Å²) in [6.07, 6.45) is 8.62. The maximum Gasteiger partial charge on any atom is 0.185 e. The molecule has 0 unspecified atom stereocenters. The van der Waals surface area contributed by atoms with E-state index in [0.29, 0.717) is 41.7 Å². The highest BCUT2D eigenvalue weighted by molar-refractivity contribution is 8.32. The first-order valence-electron chi connectivity index (χ1n) is 8.78. The van der Waals surface area contributed by atoms with E-state index in [0.717, 1.165) is 12.2 Å². The summed E-state index contributed by atoms with van der Waals surface area (Å²) in [4.78, 5) is 24.6. The summed E-state index contributed by atoms with van der Waals surface area (Å²) >= 11 is 0. The second-order valence-corrected chi connectivity index (χ2v) is 12.8. The van der Waals surface area contributed by atoms with Gasteiger partial charge in [-0.3, -0.25) is 9.59 Å². The van der Waals surface area contributed by atoms with Gasteiger partial charge in [0.25, 0.3) is 0 Å². The van der Waals surface area contributed by atoms with E-state index in [-0.39, 0.29) is 18.2 Å². The molecular weight excluding hydrogens is 336 g/mol. The number of allylic oxidation sites excluding steroid dienone is 4. The van der Waals surface area contributed by atoms with Gasteiger partial charge in [0.05, 0.1) is 12.2 Å². The van der Waals surface area contributed by atoms with Crippen LogP contribution in [0.25, 0.3) is 0 Å². The average molecular weight is 371 g/mol. The molecule has 0 saturated heterocycles. The first-order chi connectivity index (χ1) is 11.4. The van der Waals surface area contributed by atoms with Crippen molar-refractivity contribution >= 4 is 21.6 Å². The van der Waals surface area contributed by atoms with E-state index < -0.39 is 15.6 Å². The van der Waals surface area contributed by atoms with Crippen molar-refractivity contribution in [3.63, 3.8) is 0 Å². The van der Waals surface area contributed by atoms with Crippen molar-refractivity contribution in [1.82, 2.24) is 0 Å². The molecule has 0 radical (unpaired) electrons. The summed E-state index contributed by atoms with van der Waals surface area (Å²) < 4.78 is 5.63. The molecule has 0 aromatic carbocycles. The minimum Gasteiger partial charge on any atom is -0.388 e. The maximum absolute atomic E-state index is 12.4. The molecule has 0 aromatic heterocycles. The molecule has 0 aromatic rings. The fourth-order valence-electron chi connectivity index (χ4n) is 2.81. The zero-order valence-corrected chi connectivity index (χ0v) is 17.6. The van der Waals surface area contributed by atoms with Crippen LogP contribution in [0.15, 0.2) is 22.3 Å². The summed E-state index contributed by atoms with van der Waals surface area (Å²) in [5.74, 6) is 1.02. The number of ketones is 2. The van der Waals surface area contributed by atoms with Gasteiger partial charge in [-0.05, 0) is 71.5 Å². The molecule has 1 atom stereocenters. The highest BCUT2D eigenvalue weighted by atomic mass is 32.3. The predicted octanol–water partition coefficient (Wildman–Crippen LogP) is 3.42. The quantitative estimate of drug-likeness (QED) is 0.499. The molecule has 0 saturated carbocycles. The Labute approximate surface area is 154 Å². The fraction of sp³-hybridized carbons (Fsp3) is 0.700. The van der Waals surface area contributed by atoms with Crippen LogP contribution in [-0.4, -0.2) is 60.0 Å². The molecule has 25 heavy (non-hydrogen) atoms. The van der Waals surface area contributed by atoms with Crippen LogP contribution in [0.2, 0.25) is 0 Å². The van der Waals surface area contributed by atoms with Crippen molar-refractivity contribution in [3.05, 3.63) is 22.3 Å². The number of Topliss-reactive ketones (excluding diaryl/α,β-unsaturated/α-hetero) is 2. The Bertz CT molecular complexity index is 591. The molecule has 0 heterocycles. The molecule has 144 valence electrons. The van der Waals surface area contributed by atoms with Gasteiger partial charge in [-0.15, -0.1) is 0 Å². The van der Waals surface area contributed by atoms with Gasteiger partial charge in [0.1, 0.15) is 0 Å². The minimum atomic E-state index is -1.00. The SMILES string of the molecule is CC1=C(C)C(=O)C(CC[C@@](C)(O)COCCCS(C)(C)C)=C(C)C1=O. The minimum absolute atomic E-state index is 0.0623. The van der Waals surface area contributed by atoms with Crippen LogP contribution in [0, 0.1) is 0 Å². The van der Waals surface area contributed by atoms with Crippen LogP contribution in [0.5, 0.6) is 0 Å². The van der Waals surface area contributed by atoms with Crippen molar-refractivity contribution in [1.29, 1.82) is 0 Å². The van der Waals surface area contributed by atoms with Crippen LogP contribution in [0.3, 0.4) is 0 Å². The molecule has 4 nitrogen and oxygen atoms in total. The Hall–Kier alpha value is -0.910. The number of carbonyl (C=O) groups is 2. The van der Waals surface area contributed by atoms with E-state index in [4.69, 9.17) is 4.74 Å². The van der Waals surface area contributed by atoms with Gasteiger partial charge in [0, 0.05) is 28.9 Å². The van der Waals surface area contributed by atoms with Crippen molar-refractivity contribution in [2.24, 2.45) is 0 Å². The normalized spacial score (nSPS) is 19.5. The molecule has 0 spiro atoms. The lowest BCUT2D eigenvalue weighted by atomic mass is 9.82. The highest BCUT2D eigenvalue weighted by Crippen LogP contribution is 2.35. The number of hydrogen-bond donors (Lipinski definition) is 1. The van der Waals surface area contributed by atoms with Gasteiger partial charge in [-0.2, -0.15) is 0 Å². The third-order valence-corrected chi connectivity index (χ3v) is 6.20. The lowest BCUT2D eigenvalue weighted by Gasteiger charge is -2.27. The standard InChI is InChI=1S/C20H34O4S/c1-14-15(2)19(22)17(16(3)18(14)21)9-10-20(4,23)13-24-11-8-12-25(5,6)7/h23H,8-13H2,1-7H3/t20-/m1/s1. The monoisotopic (exact) mass is 370 g/mol. The van der Waals surface area contributed by atoms with Crippen molar-refractivity contribution in [2.45, 2.75) is 52.6 Å². The Balaban J connectivity index is 2.53. The van der Waals surface area contributed by atoms with E-state index >= 15 is 0 Å². The molecule has 0 amide bonds. The van der Waals surface area contributed by atoms with E-state index in [1.54, 1.807) is 27.7 Å². The predicted molar refractivity (Wildman–Crippen MR) is 107 cm³/mol. The molecule has 0 aliphatic heterocycles. The van der Waals surface area contributed by atoms with Gasteiger partial charge < -0.3 is 9.84 Å². The second kappa shape index (κ2) is 8.65. The Morgan fingerprint density at radius 2 is 1.56 bits per heavy atom. The van der Waals surface area contributed by atoms with Gasteiger partial charge in [0.15, 0.2) is 11.6 Å². The van der Waals surface area contributed by atoms with Crippen molar-refractivity contribution in [3.8, 4) is 0 Å². The van der Waals surface area contributed by atoms with Crippen molar-refractivity contribution < 1.29 is 19.4 Å². The van der Waals surface area contributed by atoms with Gasteiger partial charge in [-0.25, -0.2) is 10.0 Å². The first kappa shape index (κ1) is 22.1. The molecule has 1 aliphatic carbocycles. The third kappa shape index (κ3) is 6.72. The van der Waals surface area contributed by atoms with Crippen LogP contribution in [0.4, 0.5) is 0 Å². The van der Waals surface area contributed by atoms with Crippen LogP contribution in [-0.2, 0) is 14.3 Å². The Morgan fingerprint density at radius 1 is 1.00 bits per heavy atom. The van der Waals surface area contributed by atoms with Gasteiger partial charge in [0.2, 0.25) is 0 Å². The lowest BCUT2D eigenvalue weighted by molar-refractivity contribution is -0.116. The molecule has 1 rings (SSSR count). The van der Waals surface area contributed by atoms with Gasteiger partial charge >= 0.3 is 0 Å². The summed E-state index contributed by atoms with van der Waals surface area (Å²) in [6.45, 7) is 7.70. The highest BCUT2D eigenvalue weighted by Gasteiger charge is 2.30. The number of ether oxygens (including phenoxy) is 1.